The summed E-state index contributed by atoms with van der Waals surface area (Å²) in [6.07, 6.45) is 6.96. The minimum atomic E-state index is -1.28. The molecule has 0 unspecified atom stereocenters. The molecule has 16 heteroatoms. The van der Waals surface area contributed by atoms with Gasteiger partial charge >= 0.3 is 0 Å². The number of carbonyl (C=O) groups is 6. The molecule has 6 amide bonds. The standard InChI is InChI=1S/C37H46FN7O8/c1-44-31(34(39)48)8-5-19-40-35(49)28(21-25-11-15-27(16-12-25)45(52)53)42-37(51)30(22-24-9-13-26(38)14-10-24)43-36(50)29(20-23-6-3-2-4-7-23)41-32(46)17-18-33(44)47/h9-18,23,28-31H,2-8,19-22H2,1H3,(H2,39,48)(H,40,49)(H,41,46)(H,42,51)(H,43,50)/b18-17+/t28-,29-,30-,31-/m0/s1. The monoisotopic (exact) mass is 735 g/mol. The molecule has 0 saturated heterocycles. The molecule has 2 aromatic carbocycles. The van der Waals surface area contributed by atoms with E-state index in [1.165, 1.54) is 55.6 Å². The van der Waals surface area contributed by atoms with Crippen LogP contribution in [0.5, 0.6) is 0 Å². The second-order valence-corrected chi connectivity index (χ2v) is 13.5. The van der Waals surface area contributed by atoms with Gasteiger partial charge in [-0.2, -0.15) is 0 Å². The van der Waals surface area contributed by atoms with E-state index in [4.69, 9.17) is 5.73 Å². The van der Waals surface area contributed by atoms with Crippen molar-refractivity contribution in [2.24, 2.45) is 11.7 Å². The van der Waals surface area contributed by atoms with E-state index in [9.17, 15) is 43.3 Å². The molecule has 2 aliphatic rings. The van der Waals surface area contributed by atoms with E-state index in [0.29, 0.717) is 11.1 Å². The molecule has 0 bridgehead atoms. The summed E-state index contributed by atoms with van der Waals surface area (Å²) in [4.78, 5) is 91.8. The average Bonchev–Trinajstić information content (AvgIpc) is 3.13. The Bertz CT molecular complexity index is 1680. The number of primary amides is 1. The number of non-ortho nitro benzene ring substituents is 1. The fourth-order valence-corrected chi connectivity index (χ4v) is 6.59. The second-order valence-electron chi connectivity index (χ2n) is 13.5. The number of nitrogens with two attached hydrogens (primary N) is 1. The first kappa shape index (κ1) is 40.1. The predicted octanol–water partition coefficient (Wildman–Crippen LogP) is 1.72. The third-order valence-corrected chi connectivity index (χ3v) is 9.61. The smallest absolute Gasteiger partial charge is 0.269 e. The van der Waals surface area contributed by atoms with Crippen LogP contribution < -0.4 is 27.0 Å². The van der Waals surface area contributed by atoms with Crippen molar-refractivity contribution >= 4 is 41.1 Å². The van der Waals surface area contributed by atoms with Crippen molar-refractivity contribution in [1.29, 1.82) is 0 Å². The van der Waals surface area contributed by atoms with Gasteiger partial charge in [0.1, 0.15) is 30.0 Å². The molecular weight excluding hydrogens is 689 g/mol. The van der Waals surface area contributed by atoms with E-state index in [1.807, 2.05) is 0 Å². The Hall–Kier alpha value is -5.67. The van der Waals surface area contributed by atoms with Crippen LogP contribution in [0.1, 0.15) is 62.5 Å². The molecule has 1 saturated carbocycles. The van der Waals surface area contributed by atoms with E-state index in [1.54, 1.807) is 0 Å². The lowest BCUT2D eigenvalue weighted by Crippen LogP contribution is -2.58. The zero-order chi connectivity index (χ0) is 38.5. The highest BCUT2D eigenvalue weighted by molar-refractivity contribution is 6.00. The van der Waals surface area contributed by atoms with Gasteiger partial charge in [-0.15, -0.1) is 0 Å². The van der Waals surface area contributed by atoms with Gasteiger partial charge < -0.3 is 31.9 Å². The quantitative estimate of drug-likeness (QED) is 0.198. The highest BCUT2D eigenvalue weighted by atomic mass is 19.1. The molecule has 284 valence electrons. The van der Waals surface area contributed by atoms with Gasteiger partial charge in [-0.05, 0) is 48.4 Å². The fraction of sp³-hybridized carbons (Fsp3) is 0.459. The number of carbonyl (C=O) groups excluding carboxylic acids is 6. The van der Waals surface area contributed by atoms with Crippen LogP contribution in [-0.2, 0) is 41.6 Å². The van der Waals surface area contributed by atoms with Gasteiger partial charge in [0.2, 0.25) is 35.4 Å². The van der Waals surface area contributed by atoms with E-state index in [0.717, 1.165) is 49.2 Å². The molecule has 1 aliphatic carbocycles. The van der Waals surface area contributed by atoms with Crippen LogP contribution in [0, 0.1) is 21.8 Å². The van der Waals surface area contributed by atoms with Crippen molar-refractivity contribution < 1.29 is 38.1 Å². The van der Waals surface area contributed by atoms with E-state index in [2.05, 4.69) is 21.3 Å². The number of benzene rings is 2. The van der Waals surface area contributed by atoms with Crippen molar-refractivity contribution in [2.75, 3.05) is 13.6 Å². The molecule has 4 atom stereocenters. The van der Waals surface area contributed by atoms with Crippen LogP contribution in [0.15, 0.2) is 60.7 Å². The Kier molecular flexibility index (Phi) is 14.6. The number of nitrogens with one attached hydrogen (secondary N) is 4. The molecular formula is C37H46FN7O8. The number of likely N-dealkylation sites (N-methyl/N-ethyl adjacent to an activating group) is 1. The maximum absolute atomic E-state index is 14.0. The van der Waals surface area contributed by atoms with Gasteiger partial charge in [0.15, 0.2) is 0 Å². The maximum atomic E-state index is 14.0. The number of hydrogen-bond acceptors (Lipinski definition) is 8. The number of hydrogen-bond donors (Lipinski definition) is 5. The maximum Gasteiger partial charge on any atom is 0.269 e. The summed E-state index contributed by atoms with van der Waals surface area (Å²) in [5.74, 6) is -4.66. The SMILES string of the molecule is CN1C(=O)/C=C/C(=O)N[C@@H](CC2CCCCC2)C(=O)N[C@@H](Cc2ccc(F)cc2)C(=O)N[C@@H](Cc2ccc([N+](=O)[O-])cc2)C(=O)NCCC[C@H]1C(N)=O. The van der Waals surface area contributed by atoms with Crippen LogP contribution in [0.2, 0.25) is 0 Å². The lowest BCUT2D eigenvalue weighted by atomic mass is 9.84. The fourth-order valence-electron chi connectivity index (χ4n) is 6.59. The molecule has 2 aromatic rings. The number of halogens is 1. The number of nitro groups is 1. The highest BCUT2D eigenvalue weighted by Gasteiger charge is 2.32. The van der Waals surface area contributed by atoms with Crippen molar-refractivity contribution in [1.82, 2.24) is 26.2 Å². The largest absolute Gasteiger partial charge is 0.368 e. The van der Waals surface area contributed by atoms with Gasteiger partial charge in [0.25, 0.3) is 5.69 Å². The number of amides is 6. The van der Waals surface area contributed by atoms with Crippen LogP contribution in [0.3, 0.4) is 0 Å². The zero-order valence-electron chi connectivity index (χ0n) is 29.6. The van der Waals surface area contributed by atoms with Crippen LogP contribution in [0.25, 0.3) is 0 Å². The topological polar surface area (TPSA) is 223 Å². The first-order valence-electron chi connectivity index (χ1n) is 17.7. The lowest BCUT2D eigenvalue weighted by molar-refractivity contribution is -0.384. The van der Waals surface area contributed by atoms with Crippen molar-refractivity contribution in [2.45, 2.75) is 88.4 Å². The molecule has 1 heterocycles. The summed E-state index contributed by atoms with van der Waals surface area (Å²) in [7, 11) is 1.36. The second kappa shape index (κ2) is 19.2. The third kappa shape index (κ3) is 12.2. The molecule has 15 nitrogen and oxygen atoms in total. The Morgan fingerprint density at radius 2 is 1.36 bits per heavy atom. The molecule has 53 heavy (non-hydrogen) atoms. The van der Waals surface area contributed by atoms with E-state index in [-0.39, 0.29) is 50.3 Å². The molecule has 1 aliphatic heterocycles. The molecule has 0 radical (unpaired) electrons. The molecule has 0 aromatic heterocycles. The van der Waals surface area contributed by atoms with E-state index >= 15 is 0 Å². The summed E-state index contributed by atoms with van der Waals surface area (Å²) in [6.45, 7) is 0.0219. The minimum Gasteiger partial charge on any atom is -0.368 e. The average molecular weight is 736 g/mol. The van der Waals surface area contributed by atoms with Crippen molar-refractivity contribution in [3.63, 3.8) is 0 Å². The van der Waals surface area contributed by atoms with Crippen molar-refractivity contribution in [3.8, 4) is 0 Å². The van der Waals surface area contributed by atoms with Crippen molar-refractivity contribution in [3.05, 3.63) is 87.7 Å². The van der Waals surface area contributed by atoms with E-state index < -0.39 is 70.4 Å². The van der Waals surface area contributed by atoms with Gasteiger partial charge in [0, 0.05) is 50.7 Å². The molecule has 0 spiro atoms. The molecule has 6 N–H and O–H groups in total. The van der Waals surface area contributed by atoms with Crippen LogP contribution in [0.4, 0.5) is 10.1 Å². The Balaban J connectivity index is 1.69. The minimum absolute atomic E-state index is 0.0219. The number of rotatable bonds is 8. The van der Waals surface area contributed by atoms with Gasteiger partial charge in [-0.25, -0.2) is 4.39 Å². The summed E-state index contributed by atoms with van der Waals surface area (Å²) < 4.78 is 13.8. The number of nitrogens with zero attached hydrogens (tertiary/aromatic N) is 2. The number of nitro benzene ring substituents is 1. The molecule has 4 rings (SSSR count). The zero-order valence-corrected chi connectivity index (χ0v) is 29.6. The Morgan fingerprint density at radius 3 is 1.94 bits per heavy atom. The highest BCUT2D eigenvalue weighted by Crippen LogP contribution is 2.27. The summed E-state index contributed by atoms with van der Waals surface area (Å²) >= 11 is 0. The predicted molar refractivity (Wildman–Crippen MR) is 191 cm³/mol. The van der Waals surface area contributed by atoms with Gasteiger partial charge in [-0.3, -0.25) is 38.9 Å². The Labute approximate surface area is 306 Å². The summed E-state index contributed by atoms with van der Waals surface area (Å²) in [5, 5.41) is 22.1. The van der Waals surface area contributed by atoms with Crippen LogP contribution >= 0.6 is 0 Å². The van der Waals surface area contributed by atoms with Gasteiger partial charge in [-0.1, -0.05) is 56.4 Å². The molecule has 1 fully saturated rings. The third-order valence-electron chi connectivity index (χ3n) is 9.61. The summed E-state index contributed by atoms with van der Waals surface area (Å²) in [5.41, 5.74) is 6.42. The van der Waals surface area contributed by atoms with Crippen LogP contribution in [-0.4, -0.2) is 83.0 Å². The normalized spacial score (nSPS) is 23.7. The first-order valence-corrected chi connectivity index (χ1v) is 17.7. The Morgan fingerprint density at radius 1 is 0.792 bits per heavy atom. The first-order chi connectivity index (χ1) is 25.3. The van der Waals surface area contributed by atoms with Gasteiger partial charge in [0.05, 0.1) is 4.92 Å². The summed E-state index contributed by atoms with van der Waals surface area (Å²) in [6, 6.07) is 6.13. The lowest BCUT2D eigenvalue weighted by Gasteiger charge is -2.28.